The van der Waals surface area contributed by atoms with Gasteiger partial charge in [-0.25, -0.2) is 4.79 Å². The number of hydrogen-bond acceptors (Lipinski definition) is 3. The Hall–Kier alpha value is -1.61. The number of rotatable bonds is 7. The van der Waals surface area contributed by atoms with Gasteiger partial charge >= 0.3 is 5.97 Å². The number of benzene rings is 1. The van der Waals surface area contributed by atoms with Crippen LogP contribution in [0.25, 0.3) is 0 Å². The summed E-state index contributed by atoms with van der Waals surface area (Å²) >= 11 is 0. The molecule has 1 atom stereocenters. The molecule has 0 aliphatic carbocycles. The average Bonchev–Trinajstić information content (AvgIpc) is 2.43. The van der Waals surface area contributed by atoms with Gasteiger partial charge in [-0.05, 0) is 31.4 Å². The Kier molecular flexibility index (Phi) is 7.02. The third-order valence-corrected chi connectivity index (χ3v) is 2.90. The van der Waals surface area contributed by atoms with E-state index in [-0.39, 0.29) is 18.0 Å². The van der Waals surface area contributed by atoms with Crippen LogP contribution in [-0.2, 0) is 20.9 Å². The number of hydrogen-bond donors (Lipinski definition) is 0. The van der Waals surface area contributed by atoms with Crippen LogP contribution < -0.4 is 0 Å². The molecule has 0 aromatic heterocycles. The van der Waals surface area contributed by atoms with Gasteiger partial charge in [0.25, 0.3) is 0 Å². The molecule has 0 radical (unpaired) electrons. The summed E-state index contributed by atoms with van der Waals surface area (Å²) in [5.74, 6) is -0.130. The van der Waals surface area contributed by atoms with E-state index in [2.05, 4.69) is 0 Å². The van der Waals surface area contributed by atoms with Crippen LogP contribution in [0.15, 0.2) is 42.0 Å². The zero-order chi connectivity index (χ0) is 15.0. The van der Waals surface area contributed by atoms with Crippen LogP contribution in [0.1, 0.15) is 33.3 Å². The van der Waals surface area contributed by atoms with Crippen molar-refractivity contribution in [1.82, 2.24) is 0 Å². The first kappa shape index (κ1) is 16.4. The molecule has 0 spiro atoms. The molecule has 0 fully saturated rings. The SMILES string of the molecule is CCOC(=O)/C(=C/C(C)OCc1ccccc1)C(C)C. The minimum absolute atomic E-state index is 0.122. The lowest BCUT2D eigenvalue weighted by Crippen LogP contribution is -2.16. The van der Waals surface area contributed by atoms with Crippen LogP contribution >= 0.6 is 0 Å². The normalized spacial score (nSPS) is 13.3. The second-order valence-corrected chi connectivity index (χ2v) is 5.00. The van der Waals surface area contributed by atoms with Gasteiger partial charge in [0.05, 0.1) is 19.3 Å². The van der Waals surface area contributed by atoms with Crippen LogP contribution in [-0.4, -0.2) is 18.7 Å². The highest BCUT2D eigenvalue weighted by Crippen LogP contribution is 2.14. The molecule has 0 heterocycles. The molecule has 1 aromatic carbocycles. The maximum Gasteiger partial charge on any atom is 0.334 e. The van der Waals surface area contributed by atoms with E-state index in [9.17, 15) is 4.79 Å². The van der Waals surface area contributed by atoms with Crippen molar-refractivity contribution in [2.24, 2.45) is 5.92 Å². The zero-order valence-electron chi connectivity index (χ0n) is 12.8. The molecular weight excluding hydrogens is 252 g/mol. The Bertz CT molecular complexity index is 435. The summed E-state index contributed by atoms with van der Waals surface area (Å²) < 4.78 is 10.8. The van der Waals surface area contributed by atoms with Crippen LogP contribution in [0.3, 0.4) is 0 Å². The van der Waals surface area contributed by atoms with E-state index in [1.165, 1.54) is 0 Å². The fraction of sp³-hybridized carbons (Fsp3) is 0.471. The van der Waals surface area contributed by atoms with Crippen molar-refractivity contribution in [3.05, 3.63) is 47.5 Å². The monoisotopic (exact) mass is 276 g/mol. The minimum Gasteiger partial charge on any atom is -0.463 e. The van der Waals surface area contributed by atoms with E-state index >= 15 is 0 Å². The Labute approximate surface area is 121 Å². The predicted octanol–water partition coefficient (Wildman–Crippen LogP) is 3.74. The van der Waals surface area contributed by atoms with E-state index in [1.807, 2.05) is 64.1 Å². The maximum absolute atomic E-state index is 11.8. The van der Waals surface area contributed by atoms with Gasteiger partial charge in [0.15, 0.2) is 0 Å². The highest BCUT2D eigenvalue weighted by Gasteiger charge is 2.16. The molecule has 3 heteroatoms. The number of carbonyl (C=O) groups excluding carboxylic acids is 1. The average molecular weight is 276 g/mol. The lowest BCUT2D eigenvalue weighted by Gasteiger charge is -2.14. The Balaban J connectivity index is 2.62. The van der Waals surface area contributed by atoms with E-state index in [4.69, 9.17) is 9.47 Å². The maximum atomic E-state index is 11.8. The van der Waals surface area contributed by atoms with Crippen LogP contribution in [0.5, 0.6) is 0 Å². The summed E-state index contributed by atoms with van der Waals surface area (Å²) in [5.41, 5.74) is 1.79. The molecule has 110 valence electrons. The van der Waals surface area contributed by atoms with Crippen molar-refractivity contribution < 1.29 is 14.3 Å². The zero-order valence-corrected chi connectivity index (χ0v) is 12.8. The standard InChI is InChI=1S/C17H24O3/c1-5-19-17(18)16(13(2)3)11-14(4)20-12-15-9-7-6-8-10-15/h6-11,13-14H,5,12H2,1-4H3/b16-11+. The van der Waals surface area contributed by atoms with Gasteiger partial charge in [0.2, 0.25) is 0 Å². The van der Waals surface area contributed by atoms with E-state index in [1.54, 1.807) is 0 Å². The molecule has 0 N–H and O–H groups in total. The summed E-state index contributed by atoms with van der Waals surface area (Å²) in [6.45, 7) is 8.63. The van der Waals surface area contributed by atoms with Crippen molar-refractivity contribution in [3.63, 3.8) is 0 Å². The van der Waals surface area contributed by atoms with Crippen molar-refractivity contribution in [3.8, 4) is 0 Å². The van der Waals surface area contributed by atoms with Gasteiger partial charge in [-0.15, -0.1) is 0 Å². The first-order valence-corrected chi connectivity index (χ1v) is 7.09. The first-order chi connectivity index (χ1) is 9.54. The quantitative estimate of drug-likeness (QED) is 0.562. The van der Waals surface area contributed by atoms with Crippen molar-refractivity contribution >= 4 is 5.97 Å². The number of esters is 1. The molecule has 20 heavy (non-hydrogen) atoms. The predicted molar refractivity (Wildman–Crippen MR) is 80.2 cm³/mol. The minimum atomic E-state index is -0.252. The van der Waals surface area contributed by atoms with Gasteiger partial charge in [0, 0.05) is 5.57 Å². The van der Waals surface area contributed by atoms with Crippen LogP contribution in [0, 0.1) is 5.92 Å². The van der Waals surface area contributed by atoms with E-state index < -0.39 is 0 Å². The van der Waals surface area contributed by atoms with E-state index in [0.717, 1.165) is 5.56 Å². The van der Waals surface area contributed by atoms with Crippen LogP contribution in [0.4, 0.5) is 0 Å². The summed E-state index contributed by atoms with van der Waals surface area (Å²) in [6, 6.07) is 9.98. The molecule has 0 aliphatic heterocycles. The largest absolute Gasteiger partial charge is 0.463 e. The molecule has 0 saturated heterocycles. The van der Waals surface area contributed by atoms with Crippen molar-refractivity contribution in [2.75, 3.05) is 6.61 Å². The Morgan fingerprint density at radius 2 is 1.85 bits per heavy atom. The molecule has 1 unspecified atom stereocenters. The fourth-order valence-electron chi connectivity index (χ4n) is 1.81. The van der Waals surface area contributed by atoms with Gasteiger partial charge < -0.3 is 9.47 Å². The third kappa shape index (κ3) is 5.57. The highest BCUT2D eigenvalue weighted by molar-refractivity contribution is 5.88. The highest BCUT2D eigenvalue weighted by atomic mass is 16.5. The molecule has 1 aromatic rings. The fourth-order valence-corrected chi connectivity index (χ4v) is 1.81. The molecular formula is C17H24O3. The van der Waals surface area contributed by atoms with Gasteiger partial charge in [0.1, 0.15) is 0 Å². The smallest absolute Gasteiger partial charge is 0.334 e. The second kappa shape index (κ2) is 8.54. The van der Waals surface area contributed by atoms with Gasteiger partial charge in [-0.2, -0.15) is 0 Å². The molecule has 0 saturated carbocycles. The molecule has 0 amide bonds. The Morgan fingerprint density at radius 3 is 2.40 bits per heavy atom. The lowest BCUT2D eigenvalue weighted by atomic mass is 10.0. The summed E-state index contributed by atoms with van der Waals surface area (Å²) in [6.07, 6.45) is 1.73. The first-order valence-electron chi connectivity index (χ1n) is 7.09. The van der Waals surface area contributed by atoms with E-state index in [0.29, 0.717) is 18.8 Å². The molecule has 1 rings (SSSR count). The second-order valence-electron chi connectivity index (χ2n) is 5.00. The number of ether oxygens (including phenoxy) is 2. The third-order valence-electron chi connectivity index (χ3n) is 2.90. The topological polar surface area (TPSA) is 35.5 Å². The summed E-state index contributed by atoms with van der Waals surface area (Å²) in [4.78, 5) is 11.8. The molecule has 3 nitrogen and oxygen atoms in total. The Morgan fingerprint density at radius 1 is 1.20 bits per heavy atom. The summed E-state index contributed by atoms with van der Waals surface area (Å²) in [7, 11) is 0. The number of carbonyl (C=O) groups is 1. The molecule has 0 bridgehead atoms. The summed E-state index contributed by atoms with van der Waals surface area (Å²) in [5, 5.41) is 0. The lowest BCUT2D eigenvalue weighted by molar-refractivity contribution is -0.139. The van der Waals surface area contributed by atoms with Gasteiger partial charge in [-0.1, -0.05) is 44.2 Å². The molecule has 0 aliphatic rings. The van der Waals surface area contributed by atoms with Gasteiger partial charge in [-0.3, -0.25) is 0 Å². The van der Waals surface area contributed by atoms with Crippen molar-refractivity contribution in [2.45, 2.75) is 40.4 Å². The van der Waals surface area contributed by atoms with Crippen molar-refractivity contribution in [1.29, 1.82) is 0 Å². The van der Waals surface area contributed by atoms with Crippen LogP contribution in [0.2, 0.25) is 0 Å².